The van der Waals surface area contributed by atoms with Crippen LogP contribution in [-0.4, -0.2) is 18.4 Å². The topological polar surface area (TPSA) is 76.7 Å². The first-order valence-corrected chi connectivity index (χ1v) is 9.15. The van der Waals surface area contributed by atoms with E-state index in [4.69, 9.17) is 9.47 Å². The summed E-state index contributed by atoms with van der Waals surface area (Å²) in [5, 5.41) is 0. The molecule has 2 amide bonds. The van der Waals surface area contributed by atoms with Gasteiger partial charge in [0.1, 0.15) is 18.1 Å². The summed E-state index contributed by atoms with van der Waals surface area (Å²) < 4.78 is 11.1. The average molecular weight is 390 g/mol. The second kappa shape index (κ2) is 9.94. The second-order valence-corrected chi connectivity index (χ2v) is 6.41. The molecule has 0 unspecified atom stereocenters. The first-order chi connectivity index (χ1) is 14.1. The van der Waals surface area contributed by atoms with Gasteiger partial charge in [-0.05, 0) is 54.4 Å². The van der Waals surface area contributed by atoms with Crippen LogP contribution in [0.3, 0.4) is 0 Å². The lowest BCUT2D eigenvalue weighted by Gasteiger charge is -2.10. The normalized spacial score (nSPS) is 10.1. The quantitative estimate of drug-likeness (QED) is 0.606. The summed E-state index contributed by atoms with van der Waals surface area (Å²) >= 11 is 0. The molecule has 0 heterocycles. The molecule has 0 saturated carbocycles. The second-order valence-electron chi connectivity index (χ2n) is 6.41. The molecule has 0 fully saturated rings. The smallest absolute Gasteiger partial charge is 0.276 e. The first-order valence-electron chi connectivity index (χ1n) is 9.15. The highest BCUT2D eigenvalue weighted by molar-refractivity contribution is 5.95. The third-order valence-corrected chi connectivity index (χ3v) is 4.04. The van der Waals surface area contributed by atoms with Crippen LogP contribution in [0.2, 0.25) is 0 Å². The fraction of sp³-hybridized carbons (Fsp3) is 0.130. The van der Waals surface area contributed by atoms with Crippen molar-refractivity contribution in [2.75, 3.05) is 6.61 Å². The van der Waals surface area contributed by atoms with Gasteiger partial charge in [0.25, 0.3) is 11.8 Å². The Hall–Kier alpha value is -3.80. The van der Waals surface area contributed by atoms with Gasteiger partial charge in [-0.15, -0.1) is 0 Å². The molecule has 29 heavy (non-hydrogen) atoms. The molecule has 0 bridgehead atoms. The maximum atomic E-state index is 12.2. The molecule has 3 aromatic rings. The van der Waals surface area contributed by atoms with Gasteiger partial charge in [0, 0.05) is 5.56 Å². The van der Waals surface area contributed by atoms with Crippen molar-refractivity contribution in [2.24, 2.45) is 0 Å². The molecule has 0 aliphatic heterocycles. The minimum atomic E-state index is -0.456. The maximum Gasteiger partial charge on any atom is 0.276 e. The minimum Gasteiger partial charge on any atom is -0.489 e. The van der Waals surface area contributed by atoms with Crippen molar-refractivity contribution >= 4 is 11.8 Å². The molecule has 0 spiro atoms. The van der Waals surface area contributed by atoms with Crippen molar-refractivity contribution in [3.63, 3.8) is 0 Å². The fourth-order valence-corrected chi connectivity index (χ4v) is 2.53. The standard InChI is InChI=1S/C23H22N2O4/c1-17-6-5-9-21(14-17)29-16-22(26)24-25-23(27)19-10-12-20(13-11-19)28-15-18-7-3-2-4-8-18/h2-14H,15-16H2,1H3,(H,24,26)(H,25,27). The molecule has 6 nitrogen and oxygen atoms in total. The van der Waals surface area contributed by atoms with Crippen molar-refractivity contribution in [3.05, 3.63) is 95.6 Å². The molecule has 6 heteroatoms. The molecule has 0 saturated heterocycles. The lowest BCUT2D eigenvalue weighted by molar-refractivity contribution is -0.123. The Morgan fingerprint density at radius 3 is 2.28 bits per heavy atom. The predicted molar refractivity (Wildman–Crippen MR) is 109 cm³/mol. The lowest BCUT2D eigenvalue weighted by Crippen LogP contribution is -2.43. The highest BCUT2D eigenvalue weighted by Gasteiger charge is 2.08. The Bertz CT molecular complexity index is 956. The number of rotatable bonds is 7. The zero-order valence-corrected chi connectivity index (χ0v) is 16.1. The molecule has 0 aliphatic carbocycles. The highest BCUT2D eigenvalue weighted by Crippen LogP contribution is 2.14. The van der Waals surface area contributed by atoms with E-state index in [1.54, 1.807) is 30.3 Å². The van der Waals surface area contributed by atoms with Crippen molar-refractivity contribution in [3.8, 4) is 11.5 Å². The number of hydrogen-bond donors (Lipinski definition) is 2. The Morgan fingerprint density at radius 1 is 0.793 bits per heavy atom. The van der Waals surface area contributed by atoms with Gasteiger partial charge >= 0.3 is 0 Å². The van der Waals surface area contributed by atoms with Crippen molar-refractivity contribution in [2.45, 2.75) is 13.5 Å². The zero-order valence-electron chi connectivity index (χ0n) is 16.1. The van der Waals surface area contributed by atoms with E-state index >= 15 is 0 Å². The number of hydrogen-bond acceptors (Lipinski definition) is 4. The average Bonchev–Trinajstić information content (AvgIpc) is 2.76. The highest BCUT2D eigenvalue weighted by atomic mass is 16.5. The number of carbonyl (C=O) groups excluding carboxylic acids is 2. The van der Waals surface area contributed by atoms with E-state index in [1.807, 2.05) is 55.5 Å². The molecule has 0 aliphatic rings. The number of hydrazine groups is 1. The molecule has 3 rings (SSSR count). The minimum absolute atomic E-state index is 0.198. The lowest BCUT2D eigenvalue weighted by atomic mass is 10.2. The van der Waals surface area contributed by atoms with Gasteiger partial charge < -0.3 is 9.47 Å². The fourth-order valence-electron chi connectivity index (χ4n) is 2.53. The van der Waals surface area contributed by atoms with Crippen LogP contribution in [0.15, 0.2) is 78.9 Å². The molecule has 148 valence electrons. The van der Waals surface area contributed by atoms with E-state index in [0.717, 1.165) is 11.1 Å². The molecule has 0 radical (unpaired) electrons. The van der Waals surface area contributed by atoms with Crippen LogP contribution < -0.4 is 20.3 Å². The summed E-state index contributed by atoms with van der Waals surface area (Å²) in [6.45, 7) is 2.19. The van der Waals surface area contributed by atoms with Gasteiger partial charge in [-0.25, -0.2) is 0 Å². The van der Waals surface area contributed by atoms with Crippen molar-refractivity contribution in [1.82, 2.24) is 10.9 Å². The van der Waals surface area contributed by atoms with Gasteiger partial charge in [-0.2, -0.15) is 0 Å². The monoisotopic (exact) mass is 390 g/mol. The number of carbonyl (C=O) groups is 2. The summed E-state index contributed by atoms with van der Waals surface area (Å²) in [5.74, 6) is 0.366. The van der Waals surface area contributed by atoms with Crippen LogP contribution in [-0.2, 0) is 11.4 Å². The number of nitrogens with one attached hydrogen (secondary N) is 2. The molecular weight excluding hydrogens is 368 g/mol. The summed E-state index contributed by atoms with van der Waals surface area (Å²) in [4.78, 5) is 24.0. The molecule has 0 atom stereocenters. The molecular formula is C23H22N2O4. The van der Waals surface area contributed by atoms with Crippen LogP contribution in [0.5, 0.6) is 11.5 Å². The Balaban J connectivity index is 1.42. The first kappa shape index (κ1) is 19.9. The van der Waals surface area contributed by atoms with Gasteiger partial charge in [-0.3, -0.25) is 20.4 Å². The van der Waals surface area contributed by atoms with Gasteiger partial charge in [-0.1, -0.05) is 42.5 Å². The summed E-state index contributed by atoms with van der Waals surface area (Å²) in [6.07, 6.45) is 0. The maximum absolute atomic E-state index is 12.2. The van der Waals surface area contributed by atoms with Gasteiger partial charge in [0.2, 0.25) is 0 Å². The van der Waals surface area contributed by atoms with E-state index in [1.165, 1.54) is 0 Å². The SMILES string of the molecule is Cc1cccc(OCC(=O)NNC(=O)c2ccc(OCc3ccccc3)cc2)c1. The third-order valence-electron chi connectivity index (χ3n) is 4.04. The zero-order chi connectivity index (χ0) is 20.5. The van der Waals surface area contributed by atoms with Crippen LogP contribution in [0, 0.1) is 6.92 Å². The van der Waals surface area contributed by atoms with Gasteiger partial charge in [0.15, 0.2) is 6.61 Å². The molecule has 3 aromatic carbocycles. The summed E-state index contributed by atoms with van der Waals surface area (Å²) in [6, 6.07) is 23.9. The van der Waals surface area contributed by atoms with Crippen molar-refractivity contribution < 1.29 is 19.1 Å². The summed E-state index contributed by atoms with van der Waals surface area (Å²) in [5.41, 5.74) is 7.19. The van der Waals surface area contributed by atoms with E-state index < -0.39 is 11.8 Å². The van der Waals surface area contributed by atoms with Crippen LogP contribution in [0.1, 0.15) is 21.5 Å². The molecule has 2 N–H and O–H groups in total. The van der Waals surface area contributed by atoms with Gasteiger partial charge in [0.05, 0.1) is 0 Å². The number of amides is 2. The van der Waals surface area contributed by atoms with Crippen LogP contribution in [0.4, 0.5) is 0 Å². The van der Waals surface area contributed by atoms with Crippen molar-refractivity contribution in [1.29, 1.82) is 0 Å². The molecule has 0 aromatic heterocycles. The number of benzene rings is 3. The van der Waals surface area contributed by atoms with Crippen LogP contribution >= 0.6 is 0 Å². The number of ether oxygens (including phenoxy) is 2. The van der Waals surface area contributed by atoms with E-state index in [-0.39, 0.29) is 6.61 Å². The number of aryl methyl sites for hydroxylation is 1. The van der Waals surface area contributed by atoms with Crippen LogP contribution in [0.25, 0.3) is 0 Å². The summed E-state index contributed by atoms with van der Waals surface area (Å²) in [7, 11) is 0. The van der Waals surface area contributed by atoms with E-state index in [2.05, 4.69) is 10.9 Å². The Labute approximate surface area is 169 Å². The Kier molecular flexibility index (Phi) is 6.84. The third kappa shape index (κ3) is 6.39. The largest absolute Gasteiger partial charge is 0.489 e. The predicted octanol–water partition coefficient (Wildman–Crippen LogP) is 3.41. The Morgan fingerprint density at radius 2 is 1.55 bits per heavy atom. The van der Waals surface area contributed by atoms with E-state index in [0.29, 0.717) is 23.7 Å². The van der Waals surface area contributed by atoms with E-state index in [9.17, 15) is 9.59 Å².